The minimum atomic E-state index is -4.38. The topological polar surface area (TPSA) is 85.8 Å². The van der Waals surface area contributed by atoms with Crippen LogP contribution in [-0.4, -0.2) is 27.4 Å². The summed E-state index contributed by atoms with van der Waals surface area (Å²) in [5.41, 5.74) is 5.31. The molecule has 3 N–H and O–H groups in total. The minimum Gasteiger partial charge on any atom is -0.349 e. The van der Waals surface area contributed by atoms with Crippen molar-refractivity contribution in [2.24, 2.45) is 5.73 Å². The maximum absolute atomic E-state index is 12.5. The van der Waals surface area contributed by atoms with Crippen LogP contribution in [0.5, 0.6) is 0 Å². The number of hydrogen-bond acceptors (Lipinski definition) is 4. The molecule has 0 atom stereocenters. The number of alkyl halides is 3. The van der Waals surface area contributed by atoms with Crippen LogP contribution in [0.2, 0.25) is 0 Å². The number of rotatable bonds is 4. The second-order valence-corrected chi connectivity index (χ2v) is 4.18. The number of nitrogens with one attached hydrogen (secondary N) is 1. The number of carbonyl (C=O) groups excluding carboxylic acids is 1. The lowest BCUT2D eigenvalue weighted by molar-refractivity contribution is -0.137. The fourth-order valence-electron chi connectivity index (χ4n) is 1.57. The standard InChI is InChI=1S/C12H12F3N5O/c13-12(14,15)8-1-3-10(4-2-8)20-7-9(18-19-20)6-17-11(21)5-16/h1-4,7H,5-6,16H2,(H,17,21). The van der Waals surface area contributed by atoms with E-state index in [1.54, 1.807) is 0 Å². The van der Waals surface area contributed by atoms with Crippen LogP contribution >= 0.6 is 0 Å². The molecule has 0 bridgehead atoms. The molecule has 0 saturated heterocycles. The van der Waals surface area contributed by atoms with Gasteiger partial charge in [0.1, 0.15) is 5.69 Å². The van der Waals surface area contributed by atoms with E-state index in [0.717, 1.165) is 12.1 Å². The van der Waals surface area contributed by atoms with Gasteiger partial charge in [0, 0.05) is 0 Å². The Bertz CT molecular complexity index is 621. The molecular formula is C12H12F3N5O. The van der Waals surface area contributed by atoms with Crippen molar-refractivity contribution in [2.45, 2.75) is 12.7 Å². The van der Waals surface area contributed by atoms with E-state index in [0.29, 0.717) is 11.4 Å². The Balaban J connectivity index is 2.09. The lowest BCUT2D eigenvalue weighted by Gasteiger charge is -2.07. The van der Waals surface area contributed by atoms with Gasteiger partial charge >= 0.3 is 6.18 Å². The fourth-order valence-corrected chi connectivity index (χ4v) is 1.57. The summed E-state index contributed by atoms with van der Waals surface area (Å²) in [4.78, 5) is 11.0. The maximum Gasteiger partial charge on any atom is 0.416 e. The van der Waals surface area contributed by atoms with Crippen LogP contribution in [-0.2, 0) is 17.5 Å². The van der Waals surface area contributed by atoms with Gasteiger partial charge in [-0.3, -0.25) is 4.79 Å². The lowest BCUT2D eigenvalue weighted by atomic mass is 10.2. The van der Waals surface area contributed by atoms with Crippen molar-refractivity contribution < 1.29 is 18.0 Å². The van der Waals surface area contributed by atoms with E-state index in [-0.39, 0.29) is 19.0 Å². The summed E-state index contributed by atoms with van der Waals surface area (Å²) >= 11 is 0. The summed E-state index contributed by atoms with van der Waals surface area (Å²) < 4.78 is 38.7. The van der Waals surface area contributed by atoms with Crippen LogP contribution in [0, 0.1) is 0 Å². The molecule has 0 aliphatic rings. The number of hydrogen-bond donors (Lipinski definition) is 2. The third kappa shape index (κ3) is 3.78. The van der Waals surface area contributed by atoms with Gasteiger partial charge in [0.25, 0.3) is 0 Å². The highest BCUT2D eigenvalue weighted by Crippen LogP contribution is 2.29. The summed E-state index contributed by atoms with van der Waals surface area (Å²) in [6, 6.07) is 4.51. The number of nitrogens with zero attached hydrogens (tertiary/aromatic N) is 3. The maximum atomic E-state index is 12.5. The van der Waals surface area contributed by atoms with Crippen molar-refractivity contribution in [3.8, 4) is 5.69 Å². The van der Waals surface area contributed by atoms with E-state index in [4.69, 9.17) is 5.73 Å². The van der Waals surface area contributed by atoms with E-state index in [2.05, 4.69) is 15.6 Å². The molecule has 0 aliphatic heterocycles. The Hall–Kier alpha value is -2.42. The highest BCUT2D eigenvalue weighted by Gasteiger charge is 2.30. The Morgan fingerprint density at radius 1 is 1.29 bits per heavy atom. The van der Waals surface area contributed by atoms with Gasteiger partial charge in [0.05, 0.1) is 30.5 Å². The summed E-state index contributed by atoms with van der Waals surface area (Å²) in [5.74, 6) is -0.334. The normalized spacial score (nSPS) is 11.4. The smallest absolute Gasteiger partial charge is 0.349 e. The predicted octanol–water partition coefficient (Wildman–Crippen LogP) is 0.861. The number of nitrogens with two attached hydrogens (primary N) is 1. The highest BCUT2D eigenvalue weighted by molar-refractivity contribution is 5.77. The average molecular weight is 299 g/mol. The Labute approximate surface area is 117 Å². The van der Waals surface area contributed by atoms with E-state index in [1.165, 1.54) is 23.0 Å². The number of carbonyl (C=O) groups is 1. The molecule has 6 nitrogen and oxygen atoms in total. The van der Waals surface area contributed by atoms with Gasteiger partial charge in [-0.1, -0.05) is 5.21 Å². The summed E-state index contributed by atoms with van der Waals surface area (Å²) in [5, 5.41) is 10.1. The zero-order valence-corrected chi connectivity index (χ0v) is 10.8. The van der Waals surface area contributed by atoms with E-state index >= 15 is 0 Å². The molecule has 0 saturated carbocycles. The van der Waals surface area contributed by atoms with Crippen LogP contribution in [0.1, 0.15) is 11.3 Å². The third-order valence-electron chi connectivity index (χ3n) is 2.65. The second-order valence-electron chi connectivity index (χ2n) is 4.18. The summed E-state index contributed by atoms with van der Waals surface area (Å²) in [6.07, 6.45) is -2.86. The van der Waals surface area contributed by atoms with Crippen LogP contribution in [0.3, 0.4) is 0 Å². The van der Waals surface area contributed by atoms with Crippen molar-refractivity contribution in [1.82, 2.24) is 20.3 Å². The molecule has 0 aliphatic carbocycles. The number of amides is 1. The van der Waals surface area contributed by atoms with Crippen molar-refractivity contribution >= 4 is 5.91 Å². The average Bonchev–Trinajstić information content (AvgIpc) is 2.93. The van der Waals surface area contributed by atoms with Crippen molar-refractivity contribution in [2.75, 3.05) is 6.54 Å². The zero-order chi connectivity index (χ0) is 15.5. The Kier molecular flexibility index (Phi) is 4.22. The zero-order valence-electron chi connectivity index (χ0n) is 10.8. The van der Waals surface area contributed by atoms with Gasteiger partial charge in [0.2, 0.25) is 5.91 Å². The van der Waals surface area contributed by atoms with Gasteiger partial charge in [0.15, 0.2) is 0 Å². The van der Waals surface area contributed by atoms with E-state index in [1.807, 2.05) is 0 Å². The van der Waals surface area contributed by atoms with Crippen molar-refractivity contribution in [3.05, 3.63) is 41.7 Å². The molecular weight excluding hydrogens is 287 g/mol. The molecule has 9 heteroatoms. The SMILES string of the molecule is NCC(=O)NCc1cn(-c2ccc(C(F)(F)F)cc2)nn1. The molecule has 2 rings (SSSR count). The molecule has 1 aromatic carbocycles. The van der Waals surface area contributed by atoms with Gasteiger partial charge < -0.3 is 11.1 Å². The first kappa shape index (κ1) is 15.0. The monoisotopic (exact) mass is 299 g/mol. The number of benzene rings is 1. The molecule has 0 unspecified atom stereocenters. The second kappa shape index (κ2) is 5.92. The Morgan fingerprint density at radius 2 is 1.95 bits per heavy atom. The summed E-state index contributed by atoms with van der Waals surface area (Å²) in [7, 11) is 0. The molecule has 112 valence electrons. The van der Waals surface area contributed by atoms with E-state index in [9.17, 15) is 18.0 Å². The van der Waals surface area contributed by atoms with Crippen molar-refractivity contribution in [1.29, 1.82) is 0 Å². The quantitative estimate of drug-likeness (QED) is 0.877. The van der Waals surface area contributed by atoms with Crippen LogP contribution < -0.4 is 11.1 Å². The number of halogens is 3. The molecule has 0 fully saturated rings. The van der Waals surface area contributed by atoms with Crippen LogP contribution in [0.25, 0.3) is 5.69 Å². The molecule has 0 spiro atoms. The van der Waals surface area contributed by atoms with Gasteiger partial charge in [-0.05, 0) is 24.3 Å². The minimum absolute atomic E-state index is 0.132. The van der Waals surface area contributed by atoms with Gasteiger partial charge in [-0.2, -0.15) is 13.2 Å². The molecule has 21 heavy (non-hydrogen) atoms. The molecule has 2 aromatic rings. The van der Waals surface area contributed by atoms with Gasteiger partial charge in [-0.25, -0.2) is 4.68 Å². The molecule has 1 aromatic heterocycles. The van der Waals surface area contributed by atoms with Crippen LogP contribution in [0.15, 0.2) is 30.5 Å². The fraction of sp³-hybridized carbons (Fsp3) is 0.250. The largest absolute Gasteiger partial charge is 0.416 e. The first-order valence-electron chi connectivity index (χ1n) is 5.96. The van der Waals surface area contributed by atoms with Crippen molar-refractivity contribution in [3.63, 3.8) is 0 Å². The first-order chi connectivity index (χ1) is 9.90. The number of aromatic nitrogens is 3. The van der Waals surface area contributed by atoms with E-state index < -0.39 is 11.7 Å². The first-order valence-corrected chi connectivity index (χ1v) is 5.96. The molecule has 1 heterocycles. The highest BCUT2D eigenvalue weighted by atomic mass is 19.4. The van der Waals surface area contributed by atoms with Gasteiger partial charge in [-0.15, -0.1) is 5.10 Å². The lowest BCUT2D eigenvalue weighted by Crippen LogP contribution is -2.29. The predicted molar refractivity (Wildman–Crippen MR) is 67.3 cm³/mol. The Morgan fingerprint density at radius 3 is 2.52 bits per heavy atom. The summed E-state index contributed by atoms with van der Waals surface area (Å²) in [6.45, 7) is 0.0176. The van der Waals surface area contributed by atoms with Crippen LogP contribution in [0.4, 0.5) is 13.2 Å². The molecule has 1 amide bonds. The molecule has 0 radical (unpaired) electrons. The third-order valence-corrected chi connectivity index (χ3v) is 2.65.